The molecule has 0 aliphatic carbocycles. The molecule has 0 saturated carbocycles. The van der Waals surface area contributed by atoms with Crippen molar-refractivity contribution in [3.8, 4) is 11.5 Å². The third kappa shape index (κ3) is 2.77. The number of carbonyl (C=O) groups excluding carboxylic acids is 1. The number of nitrogen functional groups attached to an aromatic ring is 1. The lowest BCUT2D eigenvalue weighted by Gasteiger charge is -2.35. The fraction of sp³-hybridized carbons (Fsp3) is 0.267. The van der Waals surface area contributed by atoms with Gasteiger partial charge in [-0.05, 0) is 0 Å². The van der Waals surface area contributed by atoms with E-state index in [-0.39, 0.29) is 28.6 Å². The molecule has 10 heteroatoms. The molecule has 3 rings (SSSR count). The second-order valence-corrected chi connectivity index (χ2v) is 6.02. The van der Waals surface area contributed by atoms with Crippen LogP contribution in [0.2, 0.25) is 10.0 Å². The van der Waals surface area contributed by atoms with Gasteiger partial charge in [-0.2, -0.15) is 4.98 Å². The van der Waals surface area contributed by atoms with Gasteiger partial charge in [0.15, 0.2) is 0 Å². The van der Waals surface area contributed by atoms with Crippen LogP contribution in [-0.2, 0) is 6.54 Å². The van der Waals surface area contributed by atoms with E-state index in [0.717, 1.165) is 0 Å². The Hall–Kier alpha value is -2.45. The lowest BCUT2D eigenvalue weighted by Crippen LogP contribution is -2.46. The molecular weight excluding hydrogens is 369 g/mol. The highest BCUT2D eigenvalue weighted by Crippen LogP contribution is 2.47. The first kappa shape index (κ1) is 17.4. The minimum absolute atomic E-state index is 0.0889. The summed E-state index contributed by atoms with van der Waals surface area (Å²) in [6, 6.07) is 1.19. The van der Waals surface area contributed by atoms with Gasteiger partial charge in [-0.15, -0.1) is 0 Å². The minimum Gasteiger partial charge on any atom is -0.495 e. The van der Waals surface area contributed by atoms with E-state index in [0.29, 0.717) is 28.6 Å². The first-order valence-corrected chi connectivity index (χ1v) is 7.91. The van der Waals surface area contributed by atoms with Gasteiger partial charge in [0.2, 0.25) is 5.95 Å². The van der Waals surface area contributed by atoms with Crippen molar-refractivity contribution < 1.29 is 14.3 Å². The maximum absolute atomic E-state index is 12.9. The lowest BCUT2D eigenvalue weighted by atomic mass is 10.2. The summed E-state index contributed by atoms with van der Waals surface area (Å²) in [5.41, 5.74) is 6.60. The molecule has 1 aliphatic rings. The van der Waals surface area contributed by atoms with Gasteiger partial charge in [0.1, 0.15) is 27.4 Å². The molecule has 25 heavy (non-hydrogen) atoms. The number of methoxy groups -OCH3 is 2. The molecule has 0 spiro atoms. The predicted molar refractivity (Wildman–Crippen MR) is 96.0 cm³/mol. The van der Waals surface area contributed by atoms with Crippen molar-refractivity contribution >= 4 is 46.7 Å². The van der Waals surface area contributed by atoms with Gasteiger partial charge in [0, 0.05) is 24.9 Å². The normalized spacial score (nSPS) is 13.7. The van der Waals surface area contributed by atoms with Crippen molar-refractivity contribution in [2.75, 3.05) is 36.8 Å². The Balaban J connectivity index is 2.17. The molecule has 0 bridgehead atoms. The van der Waals surface area contributed by atoms with E-state index in [4.69, 9.17) is 38.4 Å². The van der Waals surface area contributed by atoms with Crippen LogP contribution in [0.1, 0.15) is 5.56 Å². The van der Waals surface area contributed by atoms with E-state index in [1.807, 2.05) is 0 Å². The Bertz CT molecular complexity index is 833. The summed E-state index contributed by atoms with van der Waals surface area (Å²) in [6.45, 7) is 0.175. The zero-order chi connectivity index (χ0) is 18.3. The number of fused-ring (bicyclic) bond motifs is 1. The average Bonchev–Trinajstić information content (AvgIpc) is 2.60. The summed E-state index contributed by atoms with van der Waals surface area (Å²) in [6.07, 6.45) is 1.56. The van der Waals surface area contributed by atoms with Crippen LogP contribution < -0.4 is 25.0 Å². The van der Waals surface area contributed by atoms with Gasteiger partial charge in [0.05, 0.1) is 26.5 Å². The van der Waals surface area contributed by atoms with E-state index in [9.17, 15) is 4.79 Å². The first-order chi connectivity index (χ1) is 11.9. The van der Waals surface area contributed by atoms with Gasteiger partial charge in [0.25, 0.3) is 0 Å². The summed E-state index contributed by atoms with van der Waals surface area (Å²) in [5.74, 6) is 1.21. The number of halogens is 2. The summed E-state index contributed by atoms with van der Waals surface area (Å²) >= 11 is 12.8. The van der Waals surface area contributed by atoms with Crippen LogP contribution in [-0.4, -0.2) is 37.3 Å². The van der Waals surface area contributed by atoms with Crippen LogP contribution in [0.3, 0.4) is 0 Å². The number of rotatable bonds is 3. The minimum atomic E-state index is -0.371. The van der Waals surface area contributed by atoms with E-state index in [1.165, 1.54) is 24.0 Å². The number of carbonyl (C=O) groups is 1. The molecule has 2 N–H and O–H groups in total. The van der Waals surface area contributed by atoms with Crippen LogP contribution in [0.25, 0.3) is 0 Å². The Morgan fingerprint density at radius 1 is 1.20 bits per heavy atom. The molecule has 0 saturated heterocycles. The summed E-state index contributed by atoms with van der Waals surface area (Å²) in [4.78, 5) is 23.7. The van der Waals surface area contributed by atoms with E-state index >= 15 is 0 Å². The third-order valence-electron chi connectivity index (χ3n) is 3.84. The van der Waals surface area contributed by atoms with Crippen molar-refractivity contribution in [3.63, 3.8) is 0 Å². The zero-order valence-corrected chi connectivity index (χ0v) is 15.2. The van der Waals surface area contributed by atoms with Crippen molar-refractivity contribution in [3.05, 3.63) is 27.9 Å². The van der Waals surface area contributed by atoms with Gasteiger partial charge in [-0.25, -0.2) is 9.78 Å². The fourth-order valence-corrected chi connectivity index (χ4v) is 3.31. The number of nitrogens with zero attached hydrogens (tertiary/aromatic N) is 4. The van der Waals surface area contributed by atoms with Gasteiger partial charge in [-0.1, -0.05) is 23.2 Å². The molecule has 0 atom stereocenters. The summed E-state index contributed by atoms with van der Waals surface area (Å²) in [5, 5.41) is 0.407. The predicted octanol–water partition coefficient (Wildman–Crippen LogP) is 2.96. The SMILES string of the molecule is COc1cc(OC)c(Cl)c(N2Cc3cnc(N)nc3N(C)C2=O)c1Cl. The van der Waals surface area contributed by atoms with Gasteiger partial charge in [-0.3, -0.25) is 9.80 Å². The van der Waals surface area contributed by atoms with Crippen molar-refractivity contribution in [1.29, 1.82) is 0 Å². The monoisotopic (exact) mass is 383 g/mol. The Morgan fingerprint density at radius 2 is 1.80 bits per heavy atom. The van der Waals surface area contributed by atoms with Gasteiger partial charge < -0.3 is 15.2 Å². The Labute approximate surface area is 154 Å². The number of anilines is 3. The second-order valence-electron chi connectivity index (χ2n) is 5.26. The quantitative estimate of drug-likeness (QED) is 0.875. The topological polar surface area (TPSA) is 93.8 Å². The molecule has 1 aromatic carbocycles. The maximum atomic E-state index is 12.9. The smallest absolute Gasteiger partial charge is 0.330 e. The van der Waals surface area contributed by atoms with Crippen molar-refractivity contribution in [1.82, 2.24) is 9.97 Å². The number of hydrogen-bond donors (Lipinski definition) is 1. The fourth-order valence-electron chi connectivity index (χ4n) is 2.61. The number of ether oxygens (including phenoxy) is 2. The first-order valence-electron chi connectivity index (χ1n) is 7.15. The van der Waals surface area contributed by atoms with Gasteiger partial charge >= 0.3 is 6.03 Å². The van der Waals surface area contributed by atoms with Crippen LogP contribution in [0, 0.1) is 0 Å². The van der Waals surface area contributed by atoms with Crippen LogP contribution >= 0.6 is 23.2 Å². The highest BCUT2D eigenvalue weighted by atomic mass is 35.5. The van der Waals surface area contributed by atoms with E-state index in [1.54, 1.807) is 19.3 Å². The molecule has 2 aromatic rings. The number of hydrogen-bond acceptors (Lipinski definition) is 6. The summed E-state index contributed by atoms with van der Waals surface area (Å²) in [7, 11) is 4.52. The number of amides is 2. The number of benzene rings is 1. The zero-order valence-electron chi connectivity index (χ0n) is 13.7. The molecule has 0 unspecified atom stereocenters. The number of aromatic nitrogens is 2. The molecule has 2 amide bonds. The number of urea groups is 1. The van der Waals surface area contributed by atoms with Crippen molar-refractivity contribution in [2.45, 2.75) is 6.54 Å². The van der Waals surface area contributed by atoms with Crippen LogP contribution in [0.4, 0.5) is 22.2 Å². The molecule has 1 aliphatic heterocycles. The molecule has 8 nitrogen and oxygen atoms in total. The average molecular weight is 384 g/mol. The van der Waals surface area contributed by atoms with E-state index in [2.05, 4.69) is 9.97 Å². The van der Waals surface area contributed by atoms with Crippen LogP contribution in [0.15, 0.2) is 12.3 Å². The molecule has 1 aromatic heterocycles. The molecule has 0 radical (unpaired) electrons. The van der Waals surface area contributed by atoms with Crippen molar-refractivity contribution in [2.24, 2.45) is 0 Å². The third-order valence-corrected chi connectivity index (χ3v) is 4.58. The molecular formula is C15H15Cl2N5O3. The van der Waals surface area contributed by atoms with Crippen LogP contribution in [0.5, 0.6) is 11.5 Å². The summed E-state index contributed by atoms with van der Waals surface area (Å²) < 4.78 is 10.5. The highest BCUT2D eigenvalue weighted by Gasteiger charge is 2.34. The van der Waals surface area contributed by atoms with E-state index < -0.39 is 0 Å². The Kier molecular flexibility index (Phi) is 4.49. The lowest BCUT2D eigenvalue weighted by molar-refractivity contribution is 0.251. The standard InChI is InChI=1S/C15H15Cl2N5O3/c1-21-13-7(5-19-14(18)20-13)6-22(15(21)23)12-10(16)8(24-2)4-9(25-3)11(12)17/h4-5H,6H2,1-3H3,(H2,18,19,20). The number of nitrogens with two attached hydrogens (primary N) is 1. The largest absolute Gasteiger partial charge is 0.495 e. The molecule has 2 heterocycles. The maximum Gasteiger partial charge on any atom is 0.330 e. The molecule has 0 fully saturated rings. The second kappa shape index (κ2) is 6.45. The molecule has 132 valence electrons. The highest BCUT2D eigenvalue weighted by molar-refractivity contribution is 6.42. The Morgan fingerprint density at radius 3 is 2.36 bits per heavy atom.